The molecule has 0 fully saturated rings. The van der Waals surface area contributed by atoms with Crippen LogP contribution in [0.2, 0.25) is 0 Å². The number of halogens is 1. The molecule has 0 aliphatic rings. The fourth-order valence-electron chi connectivity index (χ4n) is 1.34. The van der Waals surface area contributed by atoms with E-state index in [1.807, 2.05) is 13.0 Å². The molecule has 1 aromatic rings. The Balaban J connectivity index is 2.42. The fraction of sp³-hybridized carbons (Fsp3) is 0.417. The number of benzene rings is 1. The molecule has 0 unspecified atom stereocenters. The molecule has 0 heterocycles. The van der Waals surface area contributed by atoms with Gasteiger partial charge in [-0.25, -0.2) is 4.39 Å². The summed E-state index contributed by atoms with van der Waals surface area (Å²) in [4.78, 5) is 0. The second-order valence-electron chi connectivity index (χ2n) is 3.33. The molecule has 0 radical (unpaired) electrons. The van der Waals surface area contributed by atoms with E-state index in [0.717, 1.165) is 5.56 Å². The smallest absolute Gasteiger partial charge is 0.124 e. The van der Waals surface area contributed by atoms with E-state index in [2.05, 4.69) is 5.32 Å². The van der Waals surface area contributed by atoms with Crippen molar-refractivity contribution >= 4 is 0 Å². The van der Waals surface area contributed by atoms with E-state index in [-0.39, 0.29) is 5.82 Å². The van der Waals surface area contributed by atoms with E-state index in [9.17, 15) is 4.39 Å². The van der Waals surface area contributed by atoms with Crippen molar-refractivity contribution < 1.29 is 9.13 Å². The van der Waals surface area contributed by atoms with Gasteiger partial charge in [-0.2, -0.15) is 5.26 Å². The van der Waals surface area contributed by atoms with Gasteiger partial charge < -0.3 is 10.1 Å². The van der Waals surface area contributed by atoms with Gasteiger partial charge in [0.2, 0.25) is 0 Å². The first kappa shape index (κ1) is 12.6. The molecule has 0 aromatic heterocycles. The van der Waals surface area contributed by atoms with Crippen molar-refractivity contribution in [2.75, 3.05) is 19.8 Å². The lowest BCUT2D eigenvalue weighted by Gasteiger charge is -2.05. The molecule has 0 spiro atoms. The quantitative estimate of drug-likeness (QED) is 0.747. The summed E-state index contributed by atoms with van der Waals surface area (Å²) in [6, 6.07) is 6.25. The van der Waals surface area contributed by atoms with Gasteiger partial charge in [-0.3, -0.25) is 0 Å². The molecular formula is C12H15FN2O. The molecule has 0 aliphatic carbocycles. The molecule has 16 heavy (non-hydrogen) atoms. The highest BCUT2D eigenvalue weighted by atomic mass is 19.1. The summed E-state index contributed by atoms with van der Waals surface area (Å²) < 4.78 is 18.2. The molecule has 0 amide bonds. The highest BCUT2D eigenvalue weighted by Gasteiger charge is 1.99. The molecule has 0 bridgehead atoms. The van der Waals surface area contributed by atoms with Gasteiger partial charge in [-0.1, -0.05) is 0 Å². The van der Waals surface area contributed by atoms with Crippen LogP contribution in [0, 0.1) is 17.1 Å². The van der Waals surface area contributed by atoms with E-state index >= 15 is 0 Å². The average molecular weight is 222 g/mol. The number of nitrogens with one attached hydrogen (secondary N) is 1. The third kappa shape index (κ3) is 4.39. The maximum Gasteiger partial charge on any atom is 0.124 e. The van der Waals surface area contributed by atoms with Crippen molar-refractivity contribution in [1.82, 2.24) is 5.32 Å². The Morgan fingerprint density at radius 3 is 2.94 bits per heavy atom. The summed E-state index contributed by atoms with van der Waals surface area (Å²) in [5.74, 6) is -0.374. The minimum absolute atomic E-state index is 0.349. The zero-order valence-corrected chi connectivity index (χ0v) is 9.29. The molecule has 0 aliphatic heterocycles. The Morgan fingerprint density at radius 1 is 1.44 bits per heavy atom. The normalized spacial score (nSPS) is 10.1. The minimum atomic E-state index is -0.374. The molecule has 0 saturated carbocycles. The Morgan fingerprint density at radius 2 is 2.25 bits per heavy atom. The van der Waals surface area contributed by atoms with E-state index in [4.69, 9.17) is 10.00 Å². The monoisotopic (exact) mass is 222 g/mol. The third-order valence-electron chi connectivity index (χ3n) is 2.04. The number of hydrogen-bond donors (Lipinski definition) is 1. The van der Waals surface area contributed by atoms with Gasteiger partial charge in [-0.15, -0.1) is 0 Å². The van der Waals surface area contributed by atoms with Gasteiger partial charge in [0.1, 0.15) is 5.82 Å². The number of ether oxygens (including phenoxy) is 1. The highest BCUT2D eigenvalue weighted by molar-refractivity contribution is 5.33. The molecule has 1 aromatic carbocycles. The predicted octanol–water partition coefficient (Wildman–Crippen LogP) is 1.82. The maximum atomic E-state index is 13.0. The Kier molecular flexibility index (Phi) is 5.48. The van der Waals surface area contributed by atoms with Crippen LogP contribution < -0.4 is 5.32 Å². The Labute approximate surface area is 94.8 Å². The molecule has 1 N–H and O–H groups in total. The first-order valence-electron chi connectivity index (χ1n) is 5.24. The maximum absolute atomic E-state index is 13.0. The largest absolute Gasteiger partial charge is 0.380 e. The summed E-state index contributed by atoms with van der Waals surface area (Å²) in [6.07, 6.45) is 0. The summed E-state index contributed by atoms with van der Waals surface area (Å²) in [5.41, 5.74) is 1.12. The third-order valence-corrected chi connectivity index (χ3v) is 2.04. The summed E-state index contributed by atoms with van der Waals surface area (Å²) in [7, 11) is 0. The van der Waals surface area contributed by atoms with Crippen LogP contribution in [0.15, 0.2) is 18.2 Å². The topological polar surface area (TPSA) is 45.0 Å². The number of nitriles is 1. The van der Waals surface area contributed by atoms with Crippen LogP contribution in [0.1, 0.15) is 18.1 Å². The van der Waals surface area contributed by atoms with Crippen LogP contribution in [0.3, 0.4) is 0 Å². The SMILES string of the molecule is CCOCCNCc1cc(F)cc(C#N)c1. The van der Waals surface area contributed by atoms with Crippen molar-refractivity contribution in [3.63, 3.8) is 0 Å². The van der Waals surface area contributed by atoms with Crippen LogP contribution in [-0.2, 0) is 11.3 Å². The summed E-state index contributed by atoms with van der Waals surface area (Å²) >= 11 is 0. The number of rotatable bonds is 6. The first-order chi connectivity index (χ1) is 7.76. The number of nitrogens with zero attached hydrogens (tertiary/aromatic N) is 1. The van der Waals surface area contributed by atoms with Crippen LogP contribution in [0.4, 0.5) is 4.39 Å². The molecule has 3 nitrogen and oxygen atoms in total. The Hall–Kier alpha value is -1.44. The molecule has 4 heteroatoms. The lowest BCUT2D eigenvalue weighted by molar-refractivity contribution is 0.149. The lowest BCUT2D eigenvalue weighted by atomic mass is 10.1. The van der Waals surface area contributed by atoms with Crippen molar-refractivity contribution in [2.45, 2.75) is 13.5 Å². The van der Waals surface area contributed by atoms with Gasteiger partial charge in [0.15, 0.2) is 0 Å². The Bertz CT molecular complexity index is 374. The highest BCUT2D eigenvalue weighted by Crippen LogP contribution is 2.08. The van der Waals surface area contributed by atoms with E-state index in [1.165, 1.54) is 12.1 Å². The van der Waals surface area contributed by atoms with Crippen molar-refractivity contribution in [3.05, 3.63) is 35.1 Å². The van der Waals surface area contributed by atoms with Crippen molar-refractivity contribution in [1.29, 1.82) is 5.26 Å². The average Bonchev–Trinajstić information content (AvgIpc) is 2.28. The summed E-state index contributed by atoms with van der Waals surface area (Å²) in [6.45, 7) is 4.52. The second kappa shape index (κ2) is 6.94. The molecule has 0 saturated heterocycles. The predicted molar refractivity (Wildman–Crippen MR) is 59.3 cm³/mol. The van der Waals surface area contributed by atoms with Crippen molar-refractivity contribution in [2.24, 2.45) is 0 Å². The molecule has 1 rings (SSSR count). The minimum Gasteiger partial charge on any atom is -0.380 e. The van der Waals surface area contributed by atoms with E-state index < -0.39 is 0 Å². The van der Waals surface area contributed by atoms with E-state index in [0.29, 0.717) is 31.9 Å². The molecule has 0 atom stereocenters. The number of hydrogen-bond acceptors (Lipinski definition) is 3. The van der Waals surface area contributed by atoms with Crippen LogP contribution >= 0.6 is 0 Å². The lowest BCUT2D eigenvalue weighted by Crippen LogP contribution is -2.19. The van der Waals surface area contributed by atoms with Crippen molar-refractivity contribution in [3.8, 4) is 6.07 Å². The second-order valence-corrected chi connectivity index (χ2v) is 3.33. The van der Waals surface area contributed by atoms with Gasteiger partial charge in [0.25, 0.3) is 0 Å². The molecular weight excluding hydrogens is 207 g/mol. The zero-order valence-electron chi connectivity index (χ0n) is 9.29. The standard InChI is InChI=1S/C12H15FN2O/c1-2-16-4-3-15-9-11-5-10(8-14)6-12(13)7-11/h5-7,15H,2-4,9H2,1H3. The van der Waals surface area contributed by atoms with Gasteiger partial charge >= 0.3 is 0 Å². The van der Waals surface area contributed by atoms with Crippen LogP contribution in [-0.4, -0.2) is 19.8 Å². The summed E-state index contributed by atoms with van der Waals surface area (Å²) in [5, 5.41) is 11.8. The van der Waals surface area contributed by atoms with Crippen LogP contribution in [0.5, 0.6) is 0 Å². The van der Waals surface area contributed by atoms with Gasteiger partial charge in [0.05, 0.1) is 18.2 Å². The molecule has 86 valence electrons. The zero-order chi connectivity index (χ0) is 11.8. The van der Waals surface area contributed by atoms with Gasteiger partial charge in [0, 0.05) is 19.7 Å². The van der Waals surface area contributed by atoms with Gasteiger partial charge in [-0.05, 0) is 30.7 Å². The van der Waals surface area contributed by atoms with Crippen LogP contribution in [0.25, 0.3) is 0 Å². The first-order valence-corrected chi connectivity index (χ1v) is 5.24. The van der Waals surface area contributed by atoms with E-state index in [1.54, 1.807) is 6.07 Å². The fourth-order valence-corrected chi connectivity index (χ4v) is 1.34.